The lowest BCUT2D eigenvalue weighted by Crippen LogP contribution is -2.22. The van der Waals surface area contributed by atoms with Crippen molar-refractivity contribution in [2.75, 3.05) is 12.4 Å². The summed E-state index contributed by atoms with van der Waals surface area (Å²) in [6.07, 6.45) is 0. The molecule has 3 aromatic rings. The fraction of sp³-hybridized carbons (Fsp3) is 0.0909. The van der Waals surface area contributed by atoms with E-state index in [0.29, 0.717) is 29.1 Å². The van der Waals surface area contributed by atoms with E-state index in [1.54, 1.807) is 67.8 Å². The molecule has 0 fully saturated rings. The van der Waals surface area contributed by atoms with Crippen molar-refractivity contribution in [3.8, 4) is 5.75 Å². The van der Waals surface area contributed by atoms with Crippen molar-refractivity contribution in [1.29, 1.82) is 0 Å². The number of benzene rings is 3. The van der Waals surface area contributed by atoms with Crippen molar-refractivity contribution in [3.63, 3.8) is 0 Å². The first-order chi connectivity index (χ1) is 13.5. The minimum absolute atomic E-state index is 0.252. The molecule has 0 aliphatic rings. The van der Waals surface area contributed by atoms with Crippen LogP contribution in [0.25, 0.3) is 0 Å². The van der Waals surface area contributed by atoms with E-state index in [-0.39, 0.29) is 17.6 Å². The predicted octanol–water partition coefficient (Wildman–Crippen LogP) is 4.02. The Labute approximate surface area is 162 Å². The number of anilines is 1. The molecule has 0 heterocycles. The van der Waals surface area contributed by atoms with Gasteiger partial charge in [-0.1, -0.05) is 12.1 Å². The van der Waals surface area contributed by atoms with E-state index in [1.165, 1.54) is 12.1 Å². The van der Waals surface area contributed by atoms with Crippen LogP contribution in [0, 0.1) is 5.82 Å². The van der Waals surface area contributed by atoms with Crippen molar-refractivity contribution in [2.24, 2.45) is 0 Å². The highest BCUT2D eigenvalue weighted by Gasteiger charge is 2.08. The molecule has 5 nitrogen and oxygen atoms in total. The zero-order chi connectivity index (χ0) is 19.9. The lowest BCUT2D eigenvalue weighted by molar-refractivity contribution is 0.0950. The van der Waals surface area contributed by atoms with E-state index in [1.807, 2.05) is 0 Å². The van der Waals surface area contributed by atoms with Gasteiger partial charge in [-0.05, 0) is 66.2 Å². The van der Waals surface area contributed by atoms with Crippen LogP contribution in [0.1, 0.15) is 26.3 Å². The molecule has 0 saturated heterocycles. The number of methoxy groups -OCH3 is 1. The molecule has 28 heavy (non-hydrogen) atoms. The number of hydrogen-bond acceptors (Lipinski definition) is 3. The van der Waals surface area contributed by atoms with E-state index in [0.717, 1.165) is 5.56 Å². The van der Waals surface area contributed by atoms with Gasteiger partial charge in [-0.15, -0.1) is 0 Å². The highest BCUT2D eigenvalue weighted by molar-refractivity contribution is 6.04. The van der Waals surface area contributed by atoms with E-state index in [9.17, 15) is 14.0 Å². The lowest BCUT2D eigenvalue weighted by atomic mass is 10.1. The number of carbonyl (C=O) groups is 2. The summed E-state index contributed by atoms with van der Waals surface area (Å²) in [6.45, 7) is 0.301. The second kappa shape index (κ2) is 8.81. The third-order valence-electron chi connectivity index (χ3n) is 4.12. The fourth-order valence-corrected chi connectivity index (χ4v) is 2.54. The van der Waals surface area contributed by atoms with Gasteiger partial charge in [0.1, 0.15) is 11.6 Å². The third-order valence-corrected chi connectivity index (χ3v) is 4.12. The molecule has 142 valence electrons. The molecule has 0 aliphatic carbocycles. The molecule has 0 saturated carbocycles. The van der Waals surface area contributed by atoms with Gasteiger partial charge in [-0.3, -0.25) is 9.59 Å². The van der Waals surface area contributed by atoms with Gasteiger partial charge in [0.15, 0.2) is 0 Å². The second-order valence-corrected chi connectivity index (χ2v) is 6.07. The number of ether oxygens (including phenoxy) is 1. The number of rotatable bonds is 6. The molecule has 2 N–H and O–H groups in total. The summed E-state index contributed by atoms with van der Waals surface area (Å²) in [5.74, 6) is -0.150. The maximum Gasteiger partial charge on any atom is 0.255 e. The van der Waals surface area contributed by atoms with Gasteiger partial charge in [0.25, 0.3) is 11.8 Å². The molecule has 0 bridgehead atoms. The highest BCUT2D eigenvalue weighted by Crippen LogP contribution is 2.15. The van der Waals surface area contributed by atoms with E-state index in [4.69, 9.17) is 4.74 Å². The van der Waals surface area contributed by atoms with Gasteiger partial charge in [0.2, 0.25) is 0 Å². The average molecular weight is 378 g/mol. The Balaban J connectivity index is 1.56. The topological polar surface area (TPSA) is 67.4 Å². The van der Waals surface area contributed by atoms with Crippen LogP contribution in [0.4, 0.5) is 10.1 Å². The molecule has 2 amide bonds. The Hall–Kier alpha value is -3.67. The minimum Gasteiger partial charge on any atom is -0.497 e. The first-order valence-electron chi connectivity index (χ1n) is 8.63. The Morgan fingerprint density at radius 2 is 1.39 bits per heavy atom. The fourth-order valence-electron chi connectivity index (χ4n) is 2.54. The van der Waals surface area contributed by atoms with Crippen LogP contribution >= 0.6 is 0 Å². The Kier molecular flexibility index (Phi) is 6.01. The maximum absolute atomic E-state index is 12.9. The summed E-state index contributed by atoms with van der Waals surface area (Å²) in [5.41, 5.74) is 2.35. The van der Waals surface area contributed by atoms with Crippen molar-refractivity contribution in [1.82, 2.24) is 5.32 Å². The molecule has 0 unspecified atom stereocenters. The minimum atomic E-state index is -0.317. The summed E-state index contributed by atoms with van der Waals surface area (Å²) in [4.78, 5) is 24.5. The van der Waals surface area contributed by atoms with Crippen LogP contribution in [0.15, 0.2) is 72.8 Å². The van der Waals surface area contributed by atoms with Crippen LogP contribution < -0.4 is 15.4 Å². The predicted molar refractivity (Wildman–Crippen MR) is 105 cm³/mol. The molecule has 0 atom stereocenters. The summed E-state index contributed by atoms with van der Waals surface area (Å²) in [5, 5.41) is 5.55. The van der Waals surface area contributed by atoms with Gasteiger partial charge in [0.05, 0.1) is 7.11 Å². The van der Waals surface area contributed by atoms with Crippen LogP contribution in [-0.2, 0) is 6.54 Å². The molecule has 0 aliphatic heterocycles. The van der Waals surface area contributed by atoms with Crippen molar-refractivity contribution in [2.45, 2.75) is 6.54 Å². The Bertz CT molecular complexity index is 953. The van der Waals surface area contributed by atoms with E-state index >= 15 is 0 Å². The van der Waals surface area contributed by atoms with Gasteiger partial charge in [-0.2, -0.15) is 0 Å². The molecule has 3 rings (SSSR count). The van der Waals surface area contributed by atoms with Gasteiger partial charge < -0.3 is 15.4 Å². The van der Waals surface area contributed by atoms with E-state index in [2.05, 4.69) is 10.6 Å². The standard InChI is InChI=1S/C22H19FN2O3/c1-28-20-12-6-17(7-13-20)22(27)25-19-10-4-16(5-11-19)21(26)24-14-15-2-8-18(23)9-3-15/h2-13H,14H2,1H3,(H,24,26)(H,25,27). The smallest absolute Gasteiger partial charge is 0.255 e. The Morgan fingerprint density at radius 1 is 0.821 bits per heavy atom. The molecular formula is C22H19FN2O3. The first kappa shape index (κ1) is 19.1. The number of amides is 2. The monoisotopic (exact) mass is 378 g/mol. The second-order valence-electron chi connectivity index (χ2n) is 6.07. The molecule has 0 spiro atoms. The molecular weight excluding hydrogens is 359 g/mol. The van der Waals surface area contributed by atoms with Crippen molar-refractivity contribution in [3.05, 3.63) is 95.3 Å². The van der Waals surface area contributed by atoms with Crippen LogP contribution in [-0.4, -0.2) is 18.9 Å². The largest absolute Gasteiger partial charge is 0.497 e. The normalized spacial score (nSPS) is 10.2. The van der Waals surface area contributed by atoms with Crippen LogP contribution in [0.3, 0.4) is 0 Å². The summed E-state index contributed by atoms with van der Waals surface area (Å²) in [7, 11) is 1.56. The zero-order valence-corrected chi connectivity index (χ0v) is 15.2. The number of hydrogen-bond donors (Lipinski definition) is 2. The van der Waals surface area contributed by atoms with Crippen LogP contribution in [0.5, 0.6) is 5.75 Å². The highest BCUT2D eigenvalue weighted by atomic mass is 19.1. The van der Waals surface area contributed by atoms with Gasteiger partial charge >= 0.3 is 0 Å². The van der Waals surface area contributed by atoms with Gasteiger partial charge in [0, 0.05) is 23.4 Å². The number of carbonyl (C=O) groups excluding carboxylic acids is 2. The van der Waals surface area contributed by atoms with Crippen molar-refractivity contribution < 1.29 is 18.7 Å². The van der Waals surface area contributed by atoms with Crippen molar-refractivity contribution >= 4 is 17.5 Å². The molecule has 0 radical (unpaired) electrons. The van der Waals surface area contributed by atoms with Crippen LogP contribution in [0.2, 0.25) is 0 Å². The van der Waals surface area contributed by atoms with E-state index < -0.39 is 0 Å². The number of halogens is 1. The average Bonchev–Trinajstić information content (AvgIpc) is 2.73. The molecule has 6 heteroatoms. The number of nitrogens with one attached hydrogen (secondary N) is 2. The first-order valence-corrected chi connectivity index (χ1v) is 8.63. The lowest BCUT2D eigenvalue weighted by Gasteiger charge is -2.08. The summed E-state index contributed by atoms with van der Waals surface area (Å²) >= 11 is 0. The van der Waals surface area contributed by atoms with Gasteiger partial charge in [-0.25, -0.2) is 4.39 Å². The summed E-state index contributed by atoms with van der Waals surface area (Å²) in [6, 6.07) is 19.3. The third kappa shape index (κ3) is 4.94. The SMILES string of the molecule is COc1ccc(C(=O)Nc2ccc(C(=O)NCc3ccc(F)cc3)cc2)cc1. The molecule has 0 aromatic heterocycles. The Morgan fingerprint density at radius 3 is 2.00 bits per heavy atom. The summed E-state index contributed by atoms with van der Waals surface area (Å²) < 4.78 is 18.0. The quantitative estimate of drug-likeness (QED) is 0.681. The zero-order valence-electron chi connectivity index (χ0n) is 15.2. The maximum atomic E-state index is 12.9. The molecule has 3 aromatic carbocycles.